The molecule has 144 valence electrons. The van der Waals surface area contributed by atoms with Crippen molar-refractivity contribution in [3.63, 3.8) is 0 Å². The van der Waals surface area contributed by atoms with Crippen LogP contribution in [0.15, 0.2) is 54.6 Å². The van der Waals surface area contributed by atoms with Crippen molar-refractivity contribution in [2.75, 3.05) is 43.4 Å². The number of hydrogen-bond acceptors (Lipinski definition) is 5. The van der Waals surface area contributed by atoms with Crippen LogP contribution in [-0.4, -0.2) is 48.1 Å². The molecule has 0 saturated carbocycles. The van der Waals surface area contributed by atoms with Crippen LogP contribution >= 0.6 is 0 Å². The zero-order valence-corrected chi connectivity index (χ0v) is 16.8. The van der Waals surface area contributed by atoms with E-state index in [0.29, 0.717) is 0 Å². The predicted octanol–water partition coefficient (Wildman–Crippen LogP) is 4.26. The van der Waals surface area contributed by atoms with Crippen molar-refractivity contribution >= 4 is 17.5 Å². The molecule has 1 aliphatic rings. The van der Waals surface area contributed by atoms with Gasteiger partial charge in [0.15, 0.2) is 0 Å². The topological polar surface area (TPSA) is 44.3 Å². The molecule has 0 atom stereocenters. The molecule has 0 spiro atoms. The van der Waals surface area contributed by atoms with E-state index in [1.165, 1.54) is 11.1 Å². The third-order valence-corrected chi connectivity index (χ3v) is 5.21. The molecule has 5 nitrogen and oxygen atoms in total. The highest BCUT2D eigenvalue weighted by molar-refractivity contribution is 5.68. The Morgan fingerprint density at radius 3 is 2.32 bits per heavy atom. The third kappa shape index (κ3) is 4.15. The first-order valence-electron chi connectivity index (χ1n) is 9.81. The Morgan fingerprint density at radius 2 is 1.61 bits per heavy atom. The van der Waals surface area contributed by atoms with Gasteiger partial charge in [-0.2, -0.15) is 4.98 Å². The van der Waals surface area contributed by atoms with Crippen LogP contribution in [-0.2, 0) is 0 Å². The van der Waals surface area contributed by atoms with Gasteiger partial charge in [-0.15, -0.1) is 0 Å². The molecule has 1 saturated heterocycles. The lowest BCUT2D eigenvalue weighted by Gasteiger charge is -2.32. The average Bonchev–Trinajstić information content (AvgIpc) is 2.71. The molecule has 5 heteroatoms. The summed E-state index contributed by atoms with van der Waals surface area (Å²) < 4.78 is 0. The molecule has 0 bridgehead atoms. The van der Waals surface area contributed by atoms with E-state index in [9.17, 15) is 0 Å². The number of likely N-dealkylation sites (N-methyl/N-ethyl adjacent to an activating group) is 1. The van der Waals surface area contributed by atoms with Crippen molar-refractivity contribution in [2.24, 2.45) is 0 Å². The van der Waals surface area contributed by atoms with Gasteiger partial charge in [0, 0.05) is 43.5 Å². The SMILES string of the molecule is Cc1ccc(Nc2cc(-c3ccccc3)nc(N3CCN(C)CC3)n2)c(C)c1. The molecule has 0 unspecified atom stereocenters. The Labute approximate surface area is 167 Å². The summed E-state index contributed by atoms with van der Waals surface area (Å²) in [4.78, 5) is 14.4. The van der Waals surface area contributed by atoms with Gasteiger partial charge in [0.05, 0.1) is 5.69 Å². The number of nitrogens with one attached hydrogen (secondary N) is 1. The smallest absolute Gasteiger partial charge is 0.227 e. The summed E-state index contributed by atoms with van der Waals surface area (Å²) in [7, 11) is 2.16. The third-order valence-electron chi connectivity index (χ3n) is 5.21. The van der Waals surface area contributed by atoms with Crippen LogP contribution in [0.1, 0.15) is 11.1 Å². The fourth-order valence-electron chi connectivity index (χ4n) is 3.50. The van der Waals surface area contributed by atoms with E-state index in [0.717, 1.165) is 54.9 Å². The first-order valence-corrected chi connectivity index (χ1v) is 9.81. The lowest BCUT2D eigenvalue weighted by atomic mass is 10.1. The second-order valence-electron chi connectivity index (χ2n) is 7.54. The Morgan fingerprint density at radius 1 is 0.857 bits per heavy atom. The summed E-state index contributed by atoms with van der Waals surface area (Å²) in [5.41, 5.74) is 5.59. The second kappa shape index (κ2) is 7.98. The maximum Gasteiger partial charge on any atom is 0.227 e. The predicted molar refractivity (Wildman–Crippen MR) is 116 cm³/mol. The molecule has 1 N–H and O–H groups in total. The van der Waals surface area contributed by atoms with Crippen LogP contribution in [0.25, 0.3) is 11.3 Å². The number of benzene rings is 2. The first-order chi connectivity index (χ1) is 13.6. The number of nitrogens with zero attached hydrogens (tertiary/aromatic N) is 4. The summed E-state index contributed by atoms with van der Waals surface area (Å²) in [6.07, 6.45) is 0. The molecule has 3 aromatic rings. The van der Waals surface area contributed by atoms with Crippen LogP contribution in [0, 0.1) is 13.8 Å². The van der Waals surface area contributed by atoms with Gasteiger partial charge in [-0.1, -0.05) is 48.0 Å². The van der Waals surface area contributed by atoms with Gasteiger partial charge in [0.1, 0.15) is 5.82 Å². The Bertz CT molecular complexity index is 946. The number of anilines is 3. The molecule has 28 heavy (non-hydrogen) atoms. The van der Waals surface area contributed by atoms with Gasteiger partial charge in [-0.05, 0) is 32.5 Å². The average molecular weight is 374 g/mol. The highest BCUT2D eigenvalue weighted by atomic mass is 15.3. The number of hydrogen-bond donors (Lipinski definition) is 1. The molecule has 1 aromatic heterocycles. The van der Waals surface area contributed by atoms with Crippen molar-refractivity contribution in [1.29, 1.82) is 0 Å². The lowest BCUT2D eigenvalue weighted by molar-refractivity contribution is 0.311. The molecular weight excluding hydrogens is 346 g/mol. The van der Waals surface area contributed by atoms with Gasteiger partial charge >= 0.3 is 0 Å². The van der Waals surface area contributed by atoms with E-state index in [4.69, 9.17) is 9.97 Å². The Balaban J connectivity index is 1.71. The molecule has 1 fully saturated rings. The molecular formula is C23H27N5. The minimum absolute atomic E-state index is 0.793. The summed E-state index contributed by atoms with van der Waals surface area (Å²) >= 11 is 0. The number of rotatable bonds is 4. The van der Waals surface area contributed by atoms with Crippen molar-refractivity contribution in [3.05, 3.63) is 65.7 Å². The number of aryl methyl sites for hydroxylation is 2. The van der Waals surface area contributed by atoms with E-state index >= 15 is 0 Å². The van der Waals surface area contributed by atoms with Gasteiger partial charge < -0.3 is 15.1 Å². The Kier molecular flexibility index (Phi) is 5.26. The van der Waals surface area contributed by atoms with Crippen LogP contribution in [0.3, 0.4) is 0 Å². The second-order valence-corrected chi connectivity index (χ2v) is 7.54. The normalized spacial score (nSPS) is 14.9. The molecule has 1 aliphatic heterocycles. The van der Waals surface area contributed by atoms with E-state index < -0.39 is 0 Å². The van der Waals surface area contributed by atoms with Crippen molar-refractivity contribution in [1.82, 2.24) is 14.9 Å². The zero-order chi connectivity index (χ0) is 19.5. The molecule has 0 aliphatic carbocycles. The highest BCUT2D eigenvalue weighted by Gasteiger charge is 2.18. The van der Waals surface area contributed by atoms with Crippen LogP contribution in [0.2, 0.25) is 0 Å². The molecule has 2 aromatic carbocycles. The van der Waals surface area contributed by atoms with Crippen molar-refractivity contribution < 1.29 is 0 Å². The van der Waals surface area contributed by atoms with Crippen LogP contribution in [0.4, 0.5) is 17.5 Å². The van der Waals surface area contributed by atoms with Gasteiger partial charge in [-0.3, -0.25) is 0 Å². The summed E-state index contributed by atoms with van der Waals surface area (Å²) in [6.45, 7) is 8.17. The zero-order valence-electron chi connectivity index (χ0n) is 16.8. The molecule has 0 radical (unpaired) electrons. The first kappa shape index (κ1) is 18.4. The van der Waals surface area contributed by atoms with Gasteiger partial charge in [0.2, 0.25) is 5.95 Å². The lowest BCUT2D eigenvalue weighted by Crippen LogP contribution is -2.45. The minimum Gasteiger partial charge on any atom is -0.340 e. The fourth-order valence-corrected chi connectivity index (χ4v) is 3.50. The Hall–Kier alpha value is -2.92. The van der Waals surface area contributed by atoms with Crippen LogP contribution < -0.4 is 10.2 Å². The summed E-state index contributed by atoms with van der Waals surface area (Å²) in [5.74, 6) is 1.62. The highest BCUT2D eigenvalue weighted by Crippen LogP contribution is 2.27. The fraction of sp³-hybridized carbons (Fsp3) is 0.304. The van der Waals surface area contributed by atoms with E-state index in [2.05, 4.69) is 66.3 Å². The summed E-state index contributed by atoms with van der Waals surface area (Å²) in [6, 6.07) is 18.8. The minimum atomic E-state index is 0.793. The largest absolute Gasteiger partial charge is 0.340 e. The molecule has 0 amide bonds. The quantitative estimate of drug-likeness (QED) is 0.740. The van der Waals surface area contributed by atoms with E-state index in [1.807, 2.05) is 24.3 Å². The standard InChI is InChI=1S/C23H27N5/c1-17-9-10-20(18(2)15-17)24-22-16-21(19-7-5-4-6-8-19)25-23(26-22)28-13-11-27(3)12-14-28/h4-10,15-16H,11-14H2,1-3H3,(H,24,25,26). The molecule has 2 heterocycles. The van der Waals surface area contributed by atoms with Crippen molar-refractivity contribution in [3.8, 4) is 11.3 Å². The van der Waals surface area contributed by atoms with E-state index in [-0.39, 0.29) is 0 Å². The maximum absolute atomic E-state index is 4.89. The summed E-state index contributed by atoms with van der Waals surface area (Å²) in [5, 5.41) is 3.51. The van der Waals surface area contributed by atoms with Crippen molar-refractivity contribution in [2.45, 2.75) is 13.8 Å². The number of aromatic nitrogens is 2. The van der Waals surface area contributed by atoms with Gasteiger partial charge in [0.25, 0.3) is 0 Å². The van der Waals surface area contributed by atoms with Crippen LogP contribution in [0.5, 0.6) is 0 Å². The monoisotopic (exact) mass is 373 g/mol. The molecule has 4 rings (SSSR count). The number of piperazine rings is 1. The van der Waals surface area contributed by atoms with Gasteiger partial charge in [-0.25, -0.2) is 4.98 Å². The maximum atomic E-state index is 4.89. The van der Waals surface area contributed by atoms with E-state index in [1.54, 1.807) is 0 Å².